The molecule has 0 aliphatic carbocycles. The van der Waals surface area contributed by atoms with E-state index in [0.717, 1.165) is 31.9 Å². The van der Waals surface area contributed by atoms with Crippen molar-refractivity contribution in [3.8, 4) is 5.75 Å². The maximum Gasteiger partial charge on any atom is 0.387 e. The van der Waals surface area contributed by atoms with E-state index in [9.17, 15) is 8.78 Å². The van der Waals surface area contributed by atoms with Crippen molar-refractivity contribution in [2.24, 2.45) is 0 Å². The summed E-state index contributed by atoms with van der Waals surface area (Å²) in [5.41, 5.74) is 6.75. The van der Waals surface area contributed by atoms with Gasteiger partial charge in [-0.15, -0.1) is 0 Å². The molecule has 1 aromatic carbocycles. The first kappa shape index (κ1) is 14.8. The van der Waals surface area contributed by atoms with Gasteiger partial charge in [0.1, 0.15) is 0 Å². The normalized spacial score (nSPS) is 17.0. The van der Waals surface area contributed by atoms with Gasteiger partial charge in [-0.1, -0.05) is 0 Å². The summed E-state index contributed by atoms with van der Waals surface area (Å²) < 4.78 is 29.1. The SMILES string of the molecule is CC(C)N1CCN(c2ccc(N)c(OC(F)F)c2)CC1. The Morgan fingerprint density at radius 2 is 1.80 bits per heavy atom. The maximum atomic E-state index is 12.3. The van der Waals surface area contributed by atoms with Gasteiger partial charge in [0.2, 0.25) is 0 Å². The molecule has 1 saturated heterocycles. The van der Waals surface area contributed by atoms with Gasteiger partial charge in [-0.3, -0.25) is 4.90 Å². The predicted molar refractivity (Wildman–Crippen MR) is 76.4 cm³/mol. The Bertz CT molecular complexity index is 446. The molecule has 6 heteroatoms. The summed E-state index contributed by atoms with van der Waals surface area (Å²) in [6.45, 7) is 5.17. The molecule has 0 amide bonds. The van der Waals surface area contributed by atoms with Crippen molar-refractivity contribution >= 4 is 11.4 Å². The van der Waals surface area contributed by atoms with Gasteiger partial charge in [0.25, 0.3) is 0 Å². The molecule has 1 fully saturated rings. The second-order valence-corrected chi connectivity index (χ2v) is 5.22. The number of rotatable bonds is 4. The van der Waals surface area contributed by atoms with Crippen LogP contribution >= 0.6 is 0 Å². The minimum absolute atomic E-state index is 0.0452. The van der Waals surface area contributed by atoms with E-state index in [0.29, 0.717) is 6.04 Å². The molecule has 0 aromatic heterocycles. The number of anilines is 2. The number of hydrogen-bond acceptors (Lipinski definition) is 4. The van der Waals surface area contributed by atoms with Gasteiger partial charge in [-0.2, -0.15) is 8.78 Å². The number of nitrogens with two attached hydrogens (primary N) is 1. The molecule has 4 nitrogen and oxygen atoms in total. The van der Waals surface area contributed by atoms with E-state index in [2.05, 4.69) is 28.4 Å². The van der Waals surface area contributed by atoms with Gasteiger partial charge >= 0.3 is 6.61 Å². The molecule has 20 heavy (non-hydrogen) atoms. The monoisotopic (exact) mass is 285 g/mol. The average Bonchev–Trinajstić information content (AvgIpc) is 2.41. The van der Waals surface area contributed by atoms with E-state index in [1.165, 1.54) is 0 Å². The Hall–Kier alpha value is -1.56. The molecule has 2 N–H and O–H groups in total. The maximum absolute atomic E-state index is 12.3. The summed E-state index contributed by atoms with van der Waals surface area (Å²) in [6.07, 6.45) is 0. The van der Waals surface area contributed by atoms with Crippen LogP contribution in [0.1, 0.15) is 13.8 Å². The highest BCUT2D eigenvalue weighted by atomic mass is 19.3. The van der Waals surface area contributed by atoms with Crippen LogP contribution in [0, 0.1) is 0 Å². The topological polar surface area (TPSA) is 41.7 Å². The van der Waals surface area contributed by atoms with Gasteiger partial charge in [-0.25, -0.2) is 0 Å². The molecule has 2 rings (SSSR count). The van der Waals surface area contributed by atoms with Crippen molar-refractivity contribution in [3.05, 3.63) is 18.2 Å². The third-order valence-corrected chi connectivity index (χ3v) is 3.62. The summed E-state index contributed by atoms with van der Waals surface area (Å²) in [5, 5.41) is 0. The molecule has 0 saturated carbocycles. The van der Waals surface area contributed by atoms with Crippen molar-refractivity contribution in [1.29, 1.82) is 0 Å². The molecular formula is C14H21F2N3O. The minimum atomic E-state index is -2.86. The Morgan fingerprint density at radius 3 is 2.35 bits per heavy atom. The van der Waals surface area contributed by atoms with Crippen LogP contribution < -0.4 is 15.4 Å². The summed E-state index contributed by atoms with van der Waals surface area (Å²) in [5.74, 6) is 0.0452. The molecule has 1 heterocycles. The van der Waals surface area contributed by atoms with Crippen LogP contribution in [0.2, 0.25) is 0 Å². The van der Waals surface area contributed by atoms with Crippen molar-refractivity contribution in [2.75, 3.05) is 36.8 Å². The average molecular weight is 285 g/mol. The van der Waals surface area contributed by atoms with Crippen molar-refractivity contribution in [3.63, 3.8) is 0 Å². The second kappa shape index (κ2) is 6.26. The minimum Gasteiger partial charge on any atom is -0.433 e. The smallest absolute Gasteiger partial charge is 0.387 e. The molecule has 0 unspecified atom stereocenters. The van der Waals surface area contributed by atoms with E-state index in [4.69, 9.17) is 5.73 Å². The Labute approximate surface area is 118 Å². The van der Waals surface area contributed by atoms with Gasteiger partial charge < -0.3 is 15.4 Å². The van der Waals surface area contributed by atoms with Crippen molar-refractivity contribution < 1.29 is 13.5 Å². The molecule has 0 spiro atoms. The first-order valence-electron chi connectivity index (χ1n) is 6.80. The van der Waals surface area contributed by atoms with Crippen LogP contribution in [0.15, 0.2) is 18.2 Å². The lowest BCUT2D eigenvalue weighted by atomic mass is 10.2. The summed E-state index contributed by atoms with van der Waals surface area (Å²) >= 11 is 0. The third-order valence-electron chi connectivity index (χ3n) is 3.62. The molecule has 0 radical (unpaired) electrons. The van der Waals surface area contributed by atoms with Crippen LogP contribution in [-0.2, 0) is 0 Å². The van der Waals surface area contributed by atoms with Crippen LogP contribution in [0.5, 0.6) is 5.75 Å². The van der Waals surface area contributed by atoms with E-state index in [1.54, 1.807) is 12.1 Å². The van der Waals surface area contributed by atoms with Crippen molar-refractivity contribution in [1.82, 2.24) is 4.90 Å². The zero-order valence-electron chi connectivity index (χ0n) is 11.9. The Morgan fingerprint density at radius 1 is 1.15 bits per heavy atom. The zero-order valence-corrected chi connectivity index (χ0v) is 11.9. The lowest BCUT2D eigenvalue weighted by Crippen LogP contribution is -2.48. The second-order valence-electron chi connectivity index (χ2n) is 5.22. The predicted octanol–water partition coefficient (Wildman–Crippen LogP) is 2.40. The fourth-order valence-electron chi connectivity index (χ4n) is 2.41. The molecule has 0 atom stereocenters. The van der Waals surface area contributed by atoms with Gasteiger partial charge in [0.15, 0.2) is 5.75 Å². The first-order valence-corrected chi connectivity index (χ1v) is 6.80. The van der Waals surface area contributed by atoms with Gasteiger partial charge in [0.05, 0.1) is 5.69 Å². The highest BCUT2D eigenvalue weighted by Gasteiger charge is 2.20. The summed E-state index contributed by atoms with van der Waals surface area (Å²) in [4.78, 5) is 4.56. The molecule has 1 aliphatic rings. The van der Waals surface area contributed by atoms with Crippen LogP contribution in [0.3, 0.4) is 0 Å². The zero-order chi connectivity index (χ0) is 14.7. The largest absolute Gasteiger partial charge is 0.433 e. The summed E-state index contributed by atoms with van der Waals surface area (Å²) in [7, 11) is 0. The van der Waals surface area contributed by atoms with Crippen molar-refractivity contribution in [2.45, 2.75) is 26.5 Å². The summed E-state index contributed by atoms with van der Waals surface area (Å²) in [6, 6.07) is 5.58. The fraction of sp³-hybridized carbons (Fsp3) is 0.571. The number of nitrogen functional groups attached to an aromatic ring is 1. The first-order chi connectivity index (χ1) is 9.47. The molecule has 1 aromatic rings. The number of halogens is 2. The number of nitrogens with zero attached hydrogens (tertiary/aromatic N) is 2. The number of piperazine rings is 1. The Balaban J connectivity index is 2.06. The van der Waals surface area contributed by atoms with Gasteiger partial charge in [0, 0.05) is 44.0 Å². The molecular weight excluding hydrogens is 264 g/mol. The van der Waals surface area contributed by atoms with E-state index in [-0.39, 0.29) is 11.4 Å². The van der Waals surface area contributed by atoms with Gasteiger partial charge in [-0.05, 0) is 26.0 Å². The van der Waals surface area contributed by atoms with E-state index in [1.807, 2.05) is 6.07 Å². The van der Waals surface area contributed by atoms with Crippen LogP contribution in [0.25, 0.3) is 0 Å². The third kappa shape index (κ3) is 3.50. The number of benzene rings is 1. The van der Waals surface area contributed by atoms with E-state index >= 15 is 0 Å². The molecule has 0 bridgehead atoms. The lowest BCUT2D eigenvalue weighted by molar-refractivity contribution is -0.0493. The van der Waals surface area contributed by atoms with E-state index < -0.39 is 6.61 Å². The highest BCUT2D eigenvalue weighted by Crippen LogP contribution is 2.29. The molecule has 1 aliphatic heterocycles. The highest BCUT2D eigenvalue weighted by molar-refractivity contribution is 5.62. The number of hydrogen-bond donors (Lipinski definition) is 1. The number of ether oxygens (including phenoxy) is 1. The lowest BCUT2D eigenvalue weighted by Gasteiger charge is -2.38. The Kier molecular flexibility index (Phi) is 4.65. The quantitative estimate of drug-likeness (QED) is 0.863. The van der Waals surface area contributed by atoms with Crippen LogP contribution in [0.4, 0.5) is 20.2 Å². The molecule has 112 valence electrons. The van der Waals surface area contributed by atoms with Crippen LogP contribution in [-0.4, -0.2) is 43.7 Å². The standard InChI is InChI=1S/C14H21F2N3O/c1-10(2)18-5-7-19(8-6-18)11-3-4-12(17)13(9-11)20-14(15)16/h3-4,9-10,14H,5-8,17H2,1-2H3. The fourth-order valence-corrected chi connectivity index (χ4v) is 2.41. The number of alkyl halides is 2.